The predicted octanol–water partition coefficient (Wildman–Crippen LogP) is 1.78. The summed E-state index contributed by atoms with van der Waals surface area (Å²) in [4.78, 5) is 4.97. The summed E-state index contributed by atoms with van der Waals surface area (Å²) in [5.74, 6) is 5.83. The molecule has 0 atom stereocenters. The number of hydrazine groups is 1. The van der Waals surface area contributed by atoms with Gasteiger partial charge in [-0.15, -0.1) is 18.3 Å². The molecule has 1 aromatic carbocycles. The summed E-state index contributed by atoms with van der Waals surface area (Å²) < 4.78 is 0. The minimum absolute atomic E-state index is 0.0662. The van der Waals surface area contributed by atoms with E-state index in [1.807, 2.05) is 30.3 Å². The lowest BCUT2D eigenvalue weighted by molar-refractivity contribution is 0.996. The number of rotatable bonds is 4. The number of guanidine groups is 1. The normalized spacial score (nSPS) is 10.3. The van der Waals surface area contributed by atoms with E-state index in [4.69, 9.17) is 11.3 Å². The summed E-state index contributed by atoms with van der Waals surface area (Å²) in [5.41, 5.74) is 3.13. The van der Waals surface area contributed by atoms with Crippen LogP contribution in [0.15, 0.2) is 46.8 Å². The molecular weight excluding hydrogens is 220 g/mol. The second kappa shape index (κ2) is 6.81. The number of thioether (sulfide) groups is 1. The molecule has 0 aromatic heterocycles. The van der Waals surface area contributed by atoms with Gasteiger partial charge in [-0.05, 0) is 6.07 Å². The molecule has 0 aliphatic heterocycles. The quantitative estimate of drug-likeness (QED) is 0.186. The third kappa shape index (κ3) is 3.88. The van der Waals surface area contributed by atoms with Crippen LogP contribution in [-0.2, 0) is 0 Å². The number of hydrogen-bond acceptors (Lipinski definition) is 3. The van der Waals surface area contributed by atoms with E-state index >= 15 is 0 Å². The van der Waals surface area contributed by atoms with E-state index in [0.29, 0.717) is 0 Å². The molecule has 0 saturated carbocycles. The third-order valence-electron chi connectivity index (χ3n) is 1.75. The molecule has 16 heavy (non-hydrogen) atoms. The average Bonchev–Trinajstić information content (AvgIpc) is 2.34. The van der Waals surface area contributed by atoms with Crippen LogP contribution in [0.5, 0.6) is 0 Å². The van der Waals surface area contributed by atoms with E-state index in [1.54, 1.807) is 18.0 Å². The Hall–Kier alpha value is -1.59. The largest absolute Gasteiger partial charge is 0.293 e. The molecule has 84 valence electrons. The number of nitrogens with zero attached hydrogens (tertiary/aromatic N) is 1. The van der Waals surface area contributed by atoms with E-state index in [-0.39, 0.29) is 5.96 Å². The maximum Gasteiger partial charge on any atom is 0.229 e. The maximum atomic E-state index is 7.24. The van der Waals surface area contributed by atoms with Gasteiger partial charge in [0.05, 0.1) is 0 Å². The van der Waals surface area contributed by atoms with Gasteiger partial charge in [-0.2, -0.15) is 0 Å². The van der Waals surface area contributed by atoms with Crippen LogP contribution in [0.3, 0.4) is 0 Å². The molecule has 0 amide bonds. The Morgan fingerprint density at radius 1 is 1.56 bits per heavy atom. The highest BCUT2D eigenvalue weighted by atomic mass is 32.2. The van der Waals surface area contributed by atoms with Crippen LogP contribution in [0, 0.1) is 5.41 Å². The van der Waals surface area contributed by atoms with E-state index in [9.17, 15) is 0 Å². The first kappa shape index (κ1) is 12.5. The molecule has 0 heterocycles. The number of nitrogens with one attached hydrogen (secondary N) is 2. The summed E-state index contributed by atoms with van der Waals surface area (Å²) in [5, 5.41) is 7.24. The highest BCUT2D eigenvalue weighted by Gasteiger charge is 1.98. The van der Waals surface area contributed by atoms with Crippen LogP contribution in [0.25, 0.3) is 0 Å². The second-order valence-corrected chi connectivity index (χ2v) is 3.95. The average molecular weight is 234 g/mol. The Kier molecular flexibility index (Phi) is 5.31. The first-order valence-corrected chi connectivity index (χ1v) is 5.68. The van der Waals surface area contributed by atoms with Crippen molar-refractivity contribution in [2.75, 3.05) is 5.75 Å². The topological polar surface area (TPSA) is 74.3 Å². The Morgan fingerprint density at radius 2 is 2.31 bits per heavy atom. The number of aliphatic imine (C=N–C) groups is 1. The Labute approximate surface area is 99.1 Å². The van der Waals surface area contributed by atoms with Gasteiger partial charge in [-0.1, -0.05) is 24.3 Å². The highest BCUT2D eigenvalue weighted by molar-refractivity contribution is 7.99. The van der Waals surface area contributed by atoms with Crippen LogP contribution in [0.1, 0.15) is 5.56 Å². The molecule has 5 heteroatoms. The van der Waals surface area contributed by atoms with Crippen molar-refractivity contribution in [2.45, 2.75) is 4.90 Å². The molecule has 4 nitrogen and oxygen atoms in total. The van der Waals surface area contributed by atoms with Crippen molar-refractivity contribution in [3.05, 3.63) is 42.5 Å². The molecule has 1 aromatic rings. The van der Waals surface area contributed by atoms with Crippen LogP contribution in [-0.4, -0.2) is 17.9 Å². The molecule has 0 bridgehead atoms. The predicted molar refractivity (Wildman–Crippen MR) is 70.0 cm³/mol. The number of benzene rings is 1. The summed E-state index contributed by atoms with van der Waals surface area (Å²) in [6, 6.07) is 7.85. The van der Waals surface area contributed by atoms with Gasteiger partial charge in [-0.25, -0.2) is 10.8 Å². The van der Waals surface area contributed by atoms with Crippen molar-refractivity contribution in [3.8, 4) is 0 Å². The van der Waals surface area contributed by atoms with Gasteiger partial charge in [0.2, 0.25) is 5.96 Å². The summed E-state index contributed by atoms with van der Waals surface area (Å²) in [7, 11) is 0. The SMILES string of the molecule is C=CCSc1ccccc1C=NC(=N)NN. The maximum absolute atomic E-state index is 7.24. The molecule has 0 saturated heterocycles. The Balaban J connectivity index is 2.81. The van der Waals surface area contributed by atoms with Crippen LogP contribution in [0.4, 0.5) is 0 Å². The van der Waals surface area contributed by atoms with Crippen LogP contribution in [0.2, 0.25) is 0 Å². The van der Waals surface area contributed by atoms with Crippen molar-refractivity contribution in [2.24, 2.45) is 10.8 Å². The summed E-state index contributed by atoms with van der Waals surface area (Å²) in [6.45, 7) is 3.68. The van der Waals surface area contributed by atoms with E-state index in [0.717, 1.165) is 16.2 Å². The molecule has 0 fully saturated rings. The zero-order valence-electron chi connectivity index (χ0n) is 8.81. The number of hydrogen-bond donors (Lipinski definition) is 3. The van der Waals surface area contributed by atoms with Gasteiger partial charge in [0.15, 0.2) is 0 Å². The Morgan fingerprint density at radius 3 is 3.00 bits per heavy atom. The van der Waals surface area contributed by atoms with Crippen molar-refractivity contribution in [3.63, 3.8) is 0 Å². The molecule has 0 aliphatic carbocycles. The Bertz CT molecular complexity index is 401. The minimum Gasteiger partial charge on any atom is -0.293 e. The van der Waals surface area contributed by atoms with Crippen molar-refractivity contribution < 1.29 is 0 Å². The van der Waals surface area contributed by atoms with E-state index < -0.39 is 0 Å². The van der Waals surface area contributed by atoms with Crippen molar-refractivity contribution in [1.82, 2.24) is 5.43 Å². The van der Waals surface area contributed by atoms with Gasteiger partial charge in [0.25, 0.3) is 0 Å². The third-order valence-corrected chi connectivity index (χ3v) is 2.83. The van der Waals surface area contributed by atoms with Gasteiger partial charge in [0, 0.05) is 22.4 Å². The van der Waals surface area contributed by atoms with Crippen molar-refractivity contribution in [1.29, 1.82) is 5.41 Å². The zero-order chi connectivity index (χ0) is 11.8. The lowest BCUT2D eigenvalue weighted by atomic mass is 10.2. The smallest absolute Gasteiger partial charge is 0.229 e. The fourth-order valence-corrected chi connectivity index (χ4v) is 1.80. The van der Waals surface area contributed by atoms with Gasteiger partial charge >= 0.3 is 0 Å². The molecular formula is C11H14N4S. The lowest BCUT2D eigenvalue weighted by Gasteiger charge is -2.03. The number of nitrogens with two attached hydrogens (primary N) is 1. The first-order valence-electron chi connectivity index (χ1n) is 4.70. The van der Waals surface area contributed by atoms with E-state index in [1.165, 1.54) is 0 Å². The molecule has 0 radical (unpaired) electrons. The molecule has 0 aliphatic rings. The highest BCUT2D eigenvalue weighted by Crippen LogP contribution is 2.21. The summed E-state index contributed by atoms with van der Waals surface area (Å²) in [6.07, 6.45) is 3.47. The van der Waals surface area contributed by atoms with E-state index in [2.05, 4.69) is 17.0 Å². The molecule has 0 spiro atoms. The van der Waals surface area contributed by atoms with Crippen LogP contribution >= 0.6 is 11.8 Å². The molecule has 0 unspecified atom stereocenters. The molecule has 1 rings (SSSR count). The van der Waals surface area contributed by atoms with Gasteiger partial charge in [-0.3, -0.25) is 10.8 Å². The zero-order valence-corrected chi connectivity index (χ0v) is 9.63. The van der Waals surface area contributed by atoms with Gasteiger partial charge in [0.1, 0.15) is 0 Å². The molecule has 4 N–H and O–H groups in total. The van der Waals surface area contributed by atoms with Crippen molar-refractivity contribution >= 4 is 23.9 Å². The fraction of sp³-hybridized carbons (Fsp3) is 0.0909. The standard InChI is InChI=1S/C11H14N4S/c1-2-7-16-10-6-4-3-5-9(10)8-14-11(12)15-13/h2-6,8H,1,7,13H2,(H2,12,15). The lowest BCUT2D eigenvalue weighted by Crippen LogP contribution is -2.27. The monoisotopic (exact) mass is 234 g/mol. The second-order valence-electron chi connectivity index (χ2n) is 2.89. The minimum atomic E-state index is -0.0662. The fourth-order valence-electron chi connectivity index (χ4n) is 1.04. The van der Waals surface area contributed by atoms with Gasteiger partial charge < -0.3 is 0 Å². The van der Waals surface area contributed by atoms with Crippen LogP contribution < -0.4 is 11.3 Å². The summed E-state index contributed by atoms with van der Waals surface area (Å²) >= 11 is 1.67. The first-order chi connectivity index (χ1) is 7.77.